The van der Waals surface area contributed by atoms with Crippen molar-refractivity contribution >= 4 is 21.7 Å². The molecule has 0 spiro atoms. The van der Waals surface area contributed by atoms with Crippen LogP contribution < -0.4 is 5.32 Å². The Hall–Kier alpha value is -0.720. The molecule has 0 bridgehead atoms. The van der Waals surface area contributed by atoms with Gasteiger partial charge in [0.05, 0.1) is 5.60 Å². The molecule has 0 aliphatic heterocycles. The van der Waals surface area contributed by atoms with Crippen LogP contribution in [0.1, 0.15) is 39.9 Å². The summed E-state index contributed by atoms with van der Waals surface area (Å²) in [5.74, 6) is 1.46. The predicted molar refractivity (Wildman–Crippen MR) is 84.0 cm³/mol. The van der Waals surface area contributed by atoms with Crippen LogP contribution in [0.4, 0.5) is 5.82 Å². The molecule has 0 saturated heterocycles. The van der Waals surface area contributed by atoms with E-state index >= 15 is 0 Å². The average Bonchev–Trinajstić information content (AvgIpc) is 2.32. The van der Waals surface area contributed by atoms with Crippen molar-refractivity contribution in [2.75, 3.05) is 25.6 Å². The summed E-state index contributed by atoms with van der Waals surface area (Å²) in [5.41, 5.74) is -0.964. The summed E-state index contributed by atoms with van der Waals surface area (Å²) in [7, 11) is 1.63. The van der Waals surface area contributed by atoms with Crippen molar-refractivity contribution in [3.8, 4) is 0 Å². The molecule has 0 amide bonds. The number of hydrogen-bond donors (Lipinski definition) is 2. The van der Waals surface area contributed by atoms with Gasteiger partial charge < -0.3 is 15.2 Å². The Morgan fingerprint density at radius 1 is 1.30 bits per heavy atom. The largest absolute Gasteiger partial charge is 0.388 e. The molecular weight excluding hydrogens is 322 g/mol. The van der Waals surface area contributed by atoms with Gasteiger partial charge in [-0.1, -0.05) is 20.8 Å². The molecule has 1 heterocycles. The van der Waals surface area contributed by atoms with Gasteiger partial charge in [0, 0.05) is 38.2 Å². The van der Waals surface area contributed by atoms with E-state index in [2.05, 4.69) is 52.0 Å². The highest BCUT2D eigenvalue weighted by Crippen LogP contribution is 2.23. The number of hydrogen-bond acceptors (Lipinski definition) is 5. The first-order valence-corrected chi connectivity index (χ1v) is 7.43. The molecule has 0 saturated carbocycles. The van der Waals surface area contributed by atoms with E-state index in [0.717, 1.165) is 10.4 Å². The van der Waals surface area contributed by atoms with E-state index in [1.807, 2.05) is 6.07 Å². The fraction of sp³-hybridized carbons (Fsp3) is 0.714. The maximum absolute atomic E-state index is 10.2. The third-order valence-electron chi connectivity index (χ3n) is 2.86. The zero-order chi connectivity index (χ0) is 15.4. The van der Waals surface area contributed by atoms with Crippen LogP contribution in [0.3, 0.4) is 0 Å². The highest BCUT2D eigenvalue weighted by molar-refractivity contribution is 9.10. The van der Waals surface area contributed by atoms with Gasteiger partial charge in [-0.2, -0.15) is 0 Å². The van der Waals surface area contributed by atoms with E-state index in [0.29, 0.717) is 25.4 Å². The highest BCUT2D eigenvalue weighted by Gasteiger charge is 2.22. The molecule has 5 nitrogen and oxygen atoms in total. The van der Waals surface area contributed by atoms with Crippen molar-refractivity contribution in [2.24, 2.45) is 0 Å². The van der Waals surface area contributed by atoms with Crippen LogP contribution >= 0.6 is 15.9 Å². The first kappa shape index (κ1) is 17.3. The molecule has 1 atom stereocenters. The van der Waals surface area contributed by atoms with E-state index in [1.165, 1.54) is 0 Å². The van der Waals surface area contributed by atoms with Gasteiger partial charge in [0.15, 0.2) is 0 Å². The highest BCUT2D eigenvalue weighted by atomic mass is 79.9. The lowest BCUT2D eigenvalue weighted by atomic mass is 9.96. The summed E-state index contributed by atoms with van der Waals surface area (Å²) in [6, 6.07) is 1.81. The Balaban J connectivity index is 2.76. The lowest BCUT2D eigenvalue weighted by Gasteiger charge is -2.24. The smallest absolute Gasteiger partial charge is 0.137 e. The fourth-order valence-electron chi connectivity index (χ4n) is 1.53. The van der Waals surface area contributed by atoms with Gasteiger partial charge in [0.2, 0.25) is 0 Å². The summed E-state index contributed by atoms with van der Waals surface area (Å²) in [6.07, 6.45) is 0.564. The molecule has 1 unspecified atom stereocenters. The van der Waals surface area contributed by atoms with Gasteiger partial charge >= 0.3 is 0 Å². The number of aliphatic hydroxyl groups is 1. The molecule has 0 fully saturated rings. The number of ether oxygens (including phenoxy) is 1. The molecule has 0 aliphatic carbocycles. The summed E-state index contributed by atoms with van der Waals surface area (Å²) >= 11 is 3.39. The minimum absolute atomic E-state index is 0.126. The molecule has 20 heavy (non-hydrogen) atoms. The molecule has 0 radical (unpaired) electrons. The van der Waals surface area contributed by atoms with E-state index in [9.17, 15) is 5.11 Å². The molecule has 0 aliphatic rings. The van der Waals surface area contributed by atoms with Crippen LogP contribution in [-0.4, -0.2) is 40.9 Å². The van der Waals surface area contributed by atoms with Crippen LogP contribution in [0.2, 0.25) is 0 Å². The Morgan fingerprint density at radius 2 is 1.95 bits per heavy atom. The molecule has 6 heteroatoms. The first-order valence-electron chi connectivity index (χ1n) is 6.64. The molecule has 114 valence electrons. The SMILES string of the molecule is COCCC(C)(O)CNc1cc(Br)nc(C(C)(C)C)n1. The van der Waals surface area contributed by atoms with Crippen LogP contribution in [0.25, 0.3) is 0 Å². The Morgan fingerprint density at radius 3 is 2.50 bits per heavy atom. The normalized spacial score (nSPS) is 14.9. The van der Waals surface area contributed by atoms with E-state index in [1.54, 1.807) is 14.0 Å². The first-order chi connectivity index (χ1) is 9.14. The zero-order valence-electron chi connectivity index (χ0n) is 12.8. The summed E-state index contributed by atoms with van der Waals surface area (Å²) < 4.78 is 5.72. The van der Waals surface area contributed by atoms with Gasteiger partial charge in [-0.25, -0.2) is 9.97 Å². The monoisotopic (exact) mass is 345 g/mol. The molecule has 1 rings (SSSR count). The second-order valence-corrected chi connectivity index (χ2v) is 7.06. The van der Waals surface area contributed by atoms with Gasteiger partial charge in [-0.05, 0) is 22.9 Å². The maximum atomic E-state index is 10.2. The van der Waals surface area contributed by atoms with Gasteiger partial charge in [-0.3, -0.25) is 0 Å². The van der Waals surface area contributed by atoms with Crippen molar-refractivity contribution in [1.29, 1.82) is 0 Å². The fourth-order valence-corrected chi connectivity index (χ4v) is 1.92. The molecular formula is C14H24BrN3O2. The minimum Gasteiger partial charge on any atom is -0.388 e. The predicted octanol–water partition coefficient (Wildman–Crippen LogP) is 2.74. The maximum Gasteiger partial charge on any atom is 0.137 e. The van der Waals surface area contributed by atoms with Gasteiger partial charge in [0.1, 0.15) is 16.2 Å². The van der Waals surface area contributed by atoms with E-state index in [4.69, 9.17) is 4.74 Å². The van der Waals surface area contributed by atoms with Crippen LogP contribution in [0.5, 0.6) is 0 Å². The molecule has 2 N–H and O–H groups in total. The second kappa shape index (κ2) is 6.83. The number of methoxy groups -OCH3 is 1. The van der Waals surface area contributed by atoms with E-state index in [-0.39, 0.29) is 5.41 Å². The summed E-state index contributed by atoms with van der Waals surface area (Å²) in [6.45, 7) is 8.90. The Kier molecular flexibility index (Phi) is 5.91. The zero-order valence-corrected chi connectivity index (χ0v) is 14.4. The average molecular weight is 346 g/mol. The third kappa shape index (κ3) is 5.73. The quantitative estimate of drug-likeness (QED) is 0.776. The van der Waals surface area contributed by atoms with Crippen molar-refractivity contribution in [2.45, 2.75) is 45.1 Å². The Labute approximate surface area is 129 Å². The second-order valence-electron chi connectivity index (χ2n) is 6.24. The topological polar surface area (TPSA) is 67.3 Å². The number of aromatic nitrogens is 2. The molecule has 1 aromatic heterocycles. The number of anilines is 1. The number of nitrogens with zero attached hydrogens (tertiary/aromatic N) is 2. The van der Waals surface area contributed by atoms with Crippen LogP contribution in [0.15, 0.2) is 10.7 Å². The van der Waals surface area contributed by atoms with Gasteiger partial charge in [0.25, 0.3) is 0 Å². The third-order valence-corrected chi connectivity index (χ3v) is 3.27. The lowest BCUT2D eigenvalue weighted by molar-refractivity contribution is 0.0357. The van der Waals surface area contributed by atoms with E-state index < -0.39 is 5.60 Å². The van der Waals surface area contributed by atoms with Crippen molar-refractivity contribution in [3.05, 3.63) is 16.5 Å². The lowest BCUT2D eigenvalue weighted by Crippen LogP contribution is -2.35. The number of rotatable bonds is 6. The summed E-state index contributed by atoms with van der Waals surface area (Å²) in [4.78, 5) is 8.88. The standard InChI is InChI=1S/C14H24BrN3O2/c1-13(2,3)12-17-10(15)8-11(18-12)16-9-14(4,19)6-7-20-5/h8,19H,6-7,9H2,1-5H3,(H,16,17,18). The summed E-state index contributed by atoms with van der Waals surface area (Å²) in [5, 5.41) is 13.4. The Bertz CT molecular complexity index is 445. The van der Waals surface area contributed by atoms with Crippen LogP contribution in [-0.2, 0) is 10.2 Å². The molecule has 1 aromatic rings. The molecule has 0 aromatic carbocycles. The minimum atomic E-state index is -0.838. The number of nitrogens with one attached hydrogen (secondary N) is 1. The van der Waals surface area contributed by atoms with Crippen molar-refractivity contribution in [3.63, 3.8) is 0 Å². The van der Waals surface area contributed by atoms with Crippen LogP contribution in [0, 0.1) is 0 Å². The van der Waals surface area contributed by atoms with Crippen molar-refractivity contribution in [1.82, 2.24) is 9.97 Å². The van der Waals surface area contributed by atoms with Crippen molar-refractivity contribution < 1.29 is 9.84 Å². The van der Waals surface area contributed by atoms with Gasteiger partial charge in [-0.15, -0.1) is 0 Å². The number of halogens is 1.